The van der Waals surface area contributed by atoms with E-state index < -0.39 is 15.9 Å². The summed E-state index contributed by atoms with van der Waals surface area (Å²) in [5, 5.41) is 0. The molecule has 30 heavy (non-hydrogen) atoms. The van der Waals surface area contributed by atoms with Gasteiger partial charge in [0.1, 0.15) is 10.6 Å². The summed E-state index contributed by atoms with van der Waals surface area (Å²) in [6, 6.07) is 13.3. The summed E-state index contributed by atoms with van der Waals surface area (Å²) < 4.78 is 34.1. The average Bonchev–Trinajstić information content (AvgIpc) is 3.05. The van der Waals surface area contributed by atoms with E-state index in [2.05, 4.69) is 4.40 Å². The molecule has 0 bridgehead atoms. The molecule has 2 aromatic carbocycles. The molecule has 8 heteroatoms. The highest BCUT2D eigenvalue weighted by atomic mass is 32.2. The molecule has 1 saturated heterocycles. The molecular formula is C22H22N2O5S. The summed E-state index contributed by atoms with van der Waals surface area (Å²) in [4.78, 5) is 26.5. The molecular weight excluding hydrogens is 404 g/mol. The summed E-state index contributed by atoms with van der Waals surface area (Å²) in [5.74, 6) is 0.0442. The van der Waals surface area contributed by atoms with Crippen molar-refractivity contribution < 1.29 is 22.7 Å². The first-order chi connectivity index (χ1) is 14.4. The Balaban J connectivity index is 1.47. The summed E-state index contributed by atoms with van der Waals surface area (Å²) >= 11 is 0. The number of likely N-dealkylation sites (tertiary alicyclic amines) is 1. The van der Waals surface area contributed by atoms with E-state index in [0.717, 1.165) is 6.42 Å². The van der Waals surface area contributed by atoms with Crippen LogP contribution in [-0.4, -0.2) is 44.0 Å². The number of esters is 1. The number of sulfonamides is 1. The van der Waals surface area contributed by atoms with E-state index in [9.17, 15) is 18.0 Å². The van der Waals surface area contributed by atoms with Gasteiger partial charge in [0.25, 0.3) is 10.0 Å². The Labute approximate surface area is 175 Å². The fourth-order valence-electron chi connectivity index (χ4n) is 3.79. The Morgan fingerprint density at radius 2 is 1.87 bits per heavy atom. The smallest absolute Gasteiger partial charge is 0.316 e. The molecule has 0 N–H and O–H groups in total. The predicted octanol–water partition coefficient (Wildman–Crippen LogP) is 3.05. The number of ether oxygens (including phenoxy) is 1. The van der Waals surface area contributed by atoms with E-state index >= 15 is 0 Å². The minimum Gasteiger partial charge on any atom is -0.426 e. The minimum absolute atomic E-state index is 0.0309. The SMILES string of the molecule is CCC(=O)c1ccc(OC(=O)C2CCCN(C3=NS(=O)(=O)c4ccccc43)C2)cc1. The van der Waals surface area contributed by atoms with E-state index in [0.29, 0.717) is 48.6 Å². The number of carbonyl (C=O) groups excluding carboxylic acids is 2. The Morgan fingerprint density at radius 1 is 1.13 bits per heavy atom. The van der Waals surface area contributed by atoms with Crippen molar-refractivity contribution in [2.75, 3.05) is 13.1 Å². The first-order valence-corrected chi connectivity index (χ1v) is 11.4. The average molecular weight is 426 g/mol. The van der Waals surface area contributed by atoms with Crippen LogP contribution in [0, 0.1) is 5.92 Å². The molecule has 2 aliphatic heterocycles. The van der Waals surface area contributed by atoms with E-state index in [-0.39, 0.29) is 16.6 Å². The van der Waals surface area contributed by atoms with Crippen molar-refractivity contribution in [3.63, 3.8) is 0 Å². The highest BCUT2D eigenvalue weighted by molar-refractivity contribution is 7.90. The predicted molar refractivity (Wildman–Crippen MR) is 111 cm³/mol. The van der Waals surface area contributed by atoms with Gasteiger partial charge in [-0.2, -0.15) is 8.42 Å². The molecule has 1 fully saturated rings. The lowest BCUT2D eigenvalue weighted by atomic mass is 9.97. The Morgan fingerprint density at radius 3 is 2.60 bits per heavy atom. The van der Waals surface area contributed by atoms with E-state index in [1.54, 1.807) is 55.5 Å². The Kier molecular flexibility index (Phi) is 5.42. The molecule has 156 valence electrons. The molecule has 0 aromatic heterocycles. The number of ketones is 1. The molecule has 2 aliphatic rings. The fourth-order valence-corrected chi connectivity index (χ4v) is 5.02. The van der Waals surface area contributed by atoms with E-state index in [1.165, 1.54) is 0 Å². The number of piperidine rings is 1. The maximum absolute atomic E-state index is 12.7. The van der Waals surface area contributed by atoms with Crippen molar-refractivity contribution in [3.8, 4) is 5.75 Å². The Bertz CT molecular complexity index is 1120. The molecule has 0 radical (unpaired) electrons. The molecule has 0 saturated carbocycles. The second kappa shape index (κ2) is 8.02. The molecule has 1 unspecified atom stereocenters. The summed E-state index contributed by atoms with van der Waals surface area (Å²) in [6.07, 6.45) is 1.80. The first-order valence-electron chi connectivity index (χ1n) is 9.93. The maximum atomic E-state index is 12.7. The molecule has 4 rings (SSSR count). The highest BCUT2D eigenvalue weighted by Crippen LogP contribution is 2.30. The third-order valence-electron chi connectivity index (χ3n) is 5.38. The second-order valence-electron chi connectivity index (χ2n) is 7.39. The molecule has 0 amide bonds. The number of carbonyl (C=O) groups is 2. The van der Waals surface area contributed by atoms with Crippen LogP contribution in [0.15, 0.2) is 57.8 Å². The second-order valence-corrected chi connectivity index (χ2v) is 8.97. The van der Waals surface area contributed by atoms with Gasteiger partial charge in [-0.3, -0.25) is 9.59 Å². The van der Waals surface area contributed by atoms with Crippen LogP contribution in [0.2, 0.25) is 0 Å². The fraction of sp³-hybridized carbons (Fsp3) is 0.318. The molecule has 7 nitrogen and oxygen atoms in total. The maximum Gasteiger partial charge on any atom is 0.316 e. The van der Waals surface area contributed by atoms with Gasteiger partial charge in [-0.15, -0.1) is 4.40 Å². The minimum atomic E-state index is -3.70. The standard InChI is InChI=1S/C22H22N2O5S/c1-2-19(25)15-9-11-17(12-10-15)29-22(26)16-6-5-13-24(14-16)21-18-7-3-4-8-20(18)30(27,28)23-21/h3-4,7-12,16H,2,5-6,13-14H2,1H3. The van der Waals surface area contributed by atoms with Crippen LogP contribution in [-0.2, 0) is 14.8 Å². The van der Waals surface area contributed by atoms with Gasteiger partial charge in [0.2, 0.25) is 0 Å². The van der Waals surface area contributed by atoms with Crippen molar-refractivity contribution in [3.05, 3.63) is 59.7 Å². The third kappa shape index (κ3) is 3.87. The van der Waals surface area contributed by atoms with Crippen molar-refractivity contribution in [2.45, 2.75) is 31.1 Å². The van der Waals surface area contributed by atoms with Crippen LogP contribution in [0.3, 0.4) is 0 Å². The topological polar surface area (TPSA) is 93.1 Å². The third-order valence-corrected chi connectivity index (χ3v) is 6.71. The van der Waals surface area contributed by atoms with Gasteiger partial charge < -0.3 is 9.64 Å². The van der Waals surface area contributed by atoms with Gasteiger partial charge in [-0.05, 0) is 49.2 Å². The zero-order valence-electron chi connectivity index (χ0n) is 16.6. The van der Waals surface area contributed by atoms with Crippen molar-refractivity contribution in [1.82, 2.24) is 4.90 Å². The zero-order valence-corrected chi connectivity index (χ0v) is 17.4. The van der Waals surface area contributed by atoms with Crippen molar-refractivity contribution >= 4 is 27.6 Å². The Hall–Kier alpha value is -3.00. The van der Waals surface area contributed by atoms with Crippen LogP contribution < -0.4 is 4.74 Å². The van der Waals surface area contributed by atoms with Crippen LogP contribution >= 0.6 is 0 Å². The highest BCUT2D eigenvalue weighted by Gasteiger charge is 2.35. The van der Waals surface area contributed by atoms with Gasteiger partial charge in [-0.25, -0.2) is 0 Å². The summed E-state index contributed by atoms with van der Waals surface area (Å²) in [7, 11) is -3.70. The van der Waals surface area contributed by atoms with Crippen molar-refractivity contribution in [2.24, 2.45) is 10.3 Å². The van der Waals surface area contributed by atoms with E-state index in [4.69, 9.17) is 4.74 Å². The number of fused-ring (bicyclic) bond motifs is 1. The molecule has 0 aliphatic carbocycles. The number of hydrogen-bond donors (Lipinski definition) is 0. The van der Waals surface area contributed by atoms with Gasteiger partial charge >= 0.3 is 5.97 Å². The van der Waals surface area contributed by atoms with Crippen LogP contribution in [0.25, 0.3) is 0 Å². The summed E-state index contributed by atoms with van der Waals surface area (Å²) in [6.45, 7) is 2.76. The van der Waals surface area contributed by atoms with E-state index in [1.807, 2.05) is 4.90 Å². The number of benzene rings is 2. The molecule has 2 aromatic rings. The number of nitrogens with zero attached hydrogens (tertiary/aromatic N) is 2. The first kappa shape index (κ1) is 20.3. The van der Waals surface area contributed by atoms with Gasteiger partial charge in [0, 0.05) is 30.6 Å². The van der Waals surface area contributed by atoms with Crippen molar-refractivity contribution in [1.29, 1.82) is 0 Å². The number of Topliss-reactive ketones (excluding diaryl/α,β-unsaturated/α-hetero) is 1. The number of rotatable bonds is 4. The van der Waals surface area contributed by atoms with Gasteiger partial charge in [0.15, 0.2) is 11.6 Å². The summed E-state index contributed by atoms with van der Waals surface area (Å²) in [5.41, 5.74) is 1.16. The molecule has 2 heterocycles. The lowest BCUT2D eigenvalue weighted by Gasteiger charge is -2.32. The molecule has 0 spiro atoms. The quantitative estimate of drug-likeness (QED) is 0.424. The monoisotopic (exact) mass is 426 g/mol. The van der Waals surface area contributed by atoms with Gasteiger partial charge in [-0.1, -0.05) is 19.1 Å². The lowest BCUT2D eigenvalue weighted by Crippen LogP contribution is -2.43. The normalized spacial score (nSPS) is 19.7. The number of amidine groups is 1. The number of hydrogen-bond acceptors (Lipinski definition) is 6. The van der Waals surface area contributed by atoms with Gasteiger partial charge in [0.05, 0.1) is 5.92 Å². The van der Waals surface area contributed by atoms with Crippen LogP contribution in [0.1, 0.15) is 42.1 Å². The molecule has 1 atom stereocenters. The van der Waals surface area contributed by atoms with Crippen LogP contribution in [0.4, 0.5) is 0 Å². The lowest BCUT2D eigenvalue weighted by molar-refractivity contribution is -0.140. The zero-order chi connectivity index (χ0) is 21.3. The van der Waals surface area contributed by atoms with Crippen LogP contribution in [0.5, 0.6) is 5.75 Å². The largest absolute Gasteiger partial charge is 0.426 e.